The molecule has 0 saturated heterocycles. The number of alkyl carbamates (subject to hydrolysis) is 1. The highest BCUT2D eigenvalue weighted by atomic mass is 16.6. The van der Waals surface area contributed by atoms with Crippen LogP contribution in [0.25, 0.3) is 0 Å². The van der Waals surface area contributed by atoms with E-state index in [2.05, 4.69) is 5.32 Å². The summed E-state index contributed by atoms with van der Waals surface area (Å²) < 4.78 is 10.2. The lowest BCUT2D eigenvalue weighted by Crippen LogP contribution is -2.47. The smallest absolute Gasteiger partial charge is 0.422 e. The first-order chi connectivity index (χ1) is 12.1. The molecule has 9 heteroatoms. The predicted octanol–water partition coefficient (Wildman–Crippen LogP) is 3.04. The Morgan fingerprint density at radius 1 is 0.963 bits per heavy atom. The van der Waals surface area contributed by atoms with Gasteiger partial charge < -0.3 is 19.9 Å². The Kier molecular flexibility index (Phi) is 8.49. The Hall–Kier alpha value is -2.58. The molecule has 154 valence electrons. The molecule has 3 amide bonds. The standard InChI is InChI=1S/C18H30N2O7/c1-9-11(2)13(14(22)23)20(16(25)27-18(6,7)8)12(21)10-19-15(24)26-17(3,4)5/h9-10H2,1-8H3,(H,19,24)(H,22,23)/b13-11+. The Labute approximate surface area is 159 Å². The van der Waals surface area contributed by atoms with Gasteiger partial charge in [-0.05, 0) is 60.5 Å². The van der Waals surface area contributed by atoms with Crippen LogP contribution < -0.4 is 5.32 Å². The fourth-order valence-electron chi connectivity index (χ4n) is 1.80. The quantitative estimate of drug-likeness (QED) is 0.696. The van der Waals surface area contributed by atoms with E-state index in [1.54, 1.807) is 48.5 Å². The van der Waals surface area contributed by atoms with E-state index in [1.807, 2.05) is 0 Å². The highest BCUT2D eigenvalue weighted by molar-refractivity contribution is 6.04. The molecule has 0 atom stereocenters. The van der Waals surface area contributed by atoms with Crippen LogP contribution in [0.1, 0.15) is 61.8 Å². The van der Waals surface area contributed by atoms with Crippen molar-refractivity contribution in [3.8, 4) is 0 Å². The van der Waals surface area contributed by atoms with Crippen LogP contribution in [0.15, 0.2) is 11.3 Å². The lowest BCUT2D eigenvalue weighted by atomic mass is 10.1. The van der Waals surface area contributed by atoms with E-state index in [1.165, 1.54) is 6.92 Å². The van der Waals surface area contributed by atoms with Gasteiger partial charge in [0.15, 0.2) is 0 Å². The number of nitrogens with one attached hydrogen (secondary N) is 1. The molecule has 9 nitrogen and oxygen atoms in total. The van der Waals surface area contributed by atoms with E-state index in [0.717, 1.165) is 0 Å². The first-order valence-electron chi connectivity index (χ1n) is 8.55. The molecular weight excluding hydrogens is 356 g/mol. The molecule has 0 spiro atoms. The molecule has 0 aliphatic heterocycles. The highest BCUT2D eigenvalue weighted by Crippen LogP contribution is 2.19. The Bertz CT molecular complexity index is 625. The summed E-state index contributed by atoms with van der Waals surface area (Å²) in [6, 6.07) is 0. The number of rotatable bonds is 5. The molecule has 27 heavy (non-hydrogen) atoms. The molecule has 0 aromatic carbocycles. The number of carboxylic acid groups (broad SMARTS) is 1. The van der Waals surface area contributed by atoms with Crippen LogP contribution in [0.4, 0.5) is 9.59 Å². The van der Waals surface area contributed by atoms with Gasteiger partial charge in [0.2, 0.25) is 0 Å². The van der Waals surface area contributed by atoms with Gasteiger partial charge in [0.05, 0.1) is 0 Å². The molecule has 2 N–H and O–H groups in total. The van der Waals surface area contributed by atoms with Crippen LogP contribution in [-0.2, 0) is 19.1 Å². The van der Waals surface area contributed by atoms with Crippen molar-refractivity contribution in [2.24, 2.45) is 0 Å². The average molecular weight is 386 g/mol. The number of nitrogens with zero attached hydrogens (tertiary/aromatic N) is 1. The van der Waals surface area contributed by atoms with Crippen molar-refractivity contribution < 1.29 is 33.8 Å². The third kappa shape index (κ3) is 9.07. The van der Waals surface area contributed by atoms with Crippen LogP contribution in [0.5, 0.6) is 0 Å². The summed E-state index contributed by atoms with van der Waals surface area (Å²) in [5.41, 5.74) is -1.91. The molecule has 0 bridgehead atoms. The monoisotopic (exact) mass is 386 g/mol. The Morgan fingerprint density at radius 3 is 1.81 bits per heavy atom. The maximum atomic E-state index is 12.6. The molecule has 0 fully saturated rings. The maximum Gasteiger partial charge on any atom is 0.422 e. The third-order valence-corrected chi connectivity index (χ3v) is 2.97. The van der Waals surface area contributed by atoms with Crippen molar-refractivity contribution in [2.45, 2.75) is 73.0 Å². The summed E-state index contributed by atoms with van der Waals surface area (Å²) in [5, 5.41) is 11.7. The minimum atomic E-state index is -1.45. The van der Waals surface area contributed by atoms with Crippen molar-refractivity contribution in [1.29, 1.82) is 0 Å². The fourth-order valence-corrected chi connectivity index (χ4v) is 1.80. The van der Waals surface area contributed by atoms with Crippen molar-refractivity contribution in [3.05, 3.63) is 11.3 Å². The largest absolute Gasteiger partial charge is 0.477 e. The van der Waals surface area contributed by atoms with Gasteiger partial charge in [-0.3, -0.25) is 4.79 Å². The number of imide groups is 1. The zero-order valence-electron chi connectivity index (χ0n) is 17.3. The van der Waals surface area contributed by atoms with Gasteiger partial charge in [-0.15, -0.1) is 0 Å². The van der Waals surface area contributed by atoms with Crippen LogP contribution in [-0.4, -0.2) is 51.8 Å². The minimum Gasteiger partial charge on any atom is -0.477 e. The van der Waals surface area contributed by atoms with Crippen LogP contribution in [0.3, 0.4) is 0 Å². The van der Waals surface area contributed by atoms with E-state index in [0.29, 0.717) is 16.9 Å². The summed E-state index contributed by atoms with van der Waals surface area (Å²) in [6.45, 7) is 12.3. The summed E-state index contributed by atoms with van der Waals surface area (Å²) in [7, 11) is 0. The average Bonchev–Trinajstić information content (AvgIpc) is 2.45. The maximum absolute atomic E-state index is 12.6. The van der Waals surface area contributed by atoms with E-state index in [-0.39, 0.29) is 0 Å². The first-order valence-corrected chi connectivity index (χ1v) is 8.55. The van der Waals surface area contributed by atoms with E-state index in [4.69, 9.17) is 9.47 Å². The van der Waals surface area contributed by atoms with Crippen LogP contribution in [0, 0.1) is 0 Å². The van der Waals surface area contributed by atoms with Gasteiger partial charge >= 0.3 is 18.2 Å². The molecule has 0 aromatic heterocycles. The second-order valence-corrected chi connectivity index (χ2v) is 7.85. The van der Waals surface area contributed by atoms with Crippen molar-refractivity contribution in [2.75, 3.05) is 6.54 Å². The number of ether oxygens (including phenoxy) is 2. The first kappa shape index (κ1) is 24.4. The predicted molar refractivity (Wildman–Crippen MR) is 97.9 cm³/mol. The zero-order chi connectivity index (χ0) is 21.6. The van der Waals surface area contributed by atoms with Gasteiger partial charge in [0, 0.05) is 0 Å². The SMILES string of the molecule is CC/C(C)=C(\C(=O)O)N(C(=O)CNC(=O)OC(C)(C)C)C(=O)OC(C)(C)C. The number of amides is 3. The number of carboxylic acids is 1. The Balaban J connectivity index is 5.65. The van der Waals surface area contributed by atoms with Gasteiger partial charge in [-0.1, -0.05) is 6.92 Å². The third-order valence-electron chi connectivity index (χ3n) is 2.97. The summed E-state index contributed by atoms with van der Waals surface area (Å²) >= 11 is 0. The molecule has 0 aliphatic carbocycles. The highest BCUT2D eigenvalue weighted by Gasteiger charge is 2.34. The number of allylic oxidation sites excluding steroid dienone is 1. The van der Waals surface area contributed by atoms with Gasteiger partial charge in [-0.2, -0.15) is 0 Å². The molecule has 0 radical (unpaired) electrons. The van der Waals surface area contributed by atoms with E-state index >= 15 is 0 Å². The number of hydrogen-bond donors (Lipinski definition) is 2. The Morgan fingerprint density at radius 2 is 1.44 bits per heavy atom. The van der Waals surface area contributed by atoms with Gasteiger partial charge in [0.1, 0.15) is 23.4 Å². The summed E-state index contributed by atoms with van der Waals surface area (Å²) in [4.78, 5) is 48.9. The molecule has 0 aromatic rings. The van der Waals surface area contributed by atoms with E-state index in [9.17, 15) is 24.3 Å². The minimum absolute atomic E-state index is 0.299. The summed E-state index contributed by atoms with van der Waals surface area (Å²) in [6.07, 6.45) is -1.70. The number of carbonyl (C=O) groups excluding carboxylic acids is 3. The van der Waals surface area contributed by atoms with Crippen LogP contribution >= 0.6 is 0 Å². The van der Waals surface area contributed by atoms with Crippen molar-refractivity contribution in [3.63, 3.8) is 0 Å². The molecule has 0 aliphatic rings. The molecule has 0 unspecified atom stereocenters. The normalized spacial score (nSPS) is 12.6. The lowest BCUT2D eigenvalue weighted by molar-refractivity contribution is -0.139. The molecule has 0 rings (SSSR count). The number of hydrogen-bond acceptors (Lipinski definition) is 6. The molecule has 0 saturated carbocycles. The summed E-state index contributed by atoms with van der Waals surface area (Å²) in [5.74, 6) is -2.41. The number of aliphatic carboxylic acids is 1. The van der Waals surface area contributed by atoms with Gasteiger partial charge in [-0.25, -0.2) is 19.3 Å². The lowest BCUT2D eigenvalue weighted by Gasteiger charge is -2.27. The second-order valence-electron chi connectivity index (χ2n) is 7.85. The molecule has 0 heterocycles. The van der Waals surface area contributed by atoms with Crippen LogP contribution in [0.2, 0.25) is 0 Å². The topological polar surface area (TPSA) is 122 Å². The number of carbonyl (C=O) groups is 4. The van der Waals surface area contributed by atoms with Crippen molar-refractivity contribution >= 4 is 24.1 Å². The van der Waals surface area contributed by atoms with E-state index < -0.39 is 47.5 Å². The van der Waals surface area contributed by atoms with Gasteiger partial charge in [0.25, 0.3) is 5.91 Å². The van der Waals surface area contributed by atoms with Crippen molar-refractivity contribution in [1.82, 2.24) is 10.2 Å². The zero-order valence-corrected chi connectivity index (χ0v) is 17.3. The molecular formula is C18H30N2O7. The second kappa shape index (κ2) is 9.38. The fraction of sp³-hybridized carbons (Fsp3) is 0.667.